The smallest absolute Gasteiger partial charge is 0.414 e. The van der Waals surface area contributed by atoms with Crippen molar-refractivity contribution in [3.63, 3.8) is 0 Å². The van der Waals surface area contributed by atoms with Gasteiger partial charge in [0.25, 0.3) is 5.91 Å². The number of rotatable bonds is 6. The summed E-state index contributed by atoms with van der Waals surface area (Å²) in [7, 11) is 0.909. The molecule has 2 aromatic carbocycles. The molecular formula is C26H30F6N6O3S. The predicted molar refractivity (Wildman–Crippen MR) is 145 cm³/mol. The van der Waals surface area contributed by atoms with Crippen LogP contribution in [-0.4, -0.2) is 59.1 Å². The van der Waals surface area contributed by atoms with Gasteiger partial charge in [0.15, 0.2) is 5.84 Å². The first-order chi connectivity index (χ1) is 19.2. The highest BCUT2D eigenvalue weighted by Gasteiger charge is 2.74. The van der Waals surface area contributed by atoms with Gasteiger partial charge in [-0.15, -0.1) is 16.9 Å². The van der Waals surface area contributed by atoms with Gasteiger partial charge in [-0.2, -0.15) is 26.3 Å². The molecule has 2 amide bonds. The summed E-state index contributed by atoms with van der Waals surface area (Å²) in [5, 5.41) is 5.71. The molecule has 1 aliphatic heterocycles. The molecule has 230 valence electrons. The van der Waals surface area contributed by atoms with Gasteiger partial charge in [-0.3, -0.25) is 9.69 Å². The number of nitrogens with zero attached hydrogens (tertiary/aromatic N) is 3. The number of nitrogens with one attached hydrogen (secondary N) is 1. The number of anilines is 1. The number of fused-ring (bicyclic) bond motifs is 1. The average molecular weight is 621 g/mol. The minimum atomic E-state index is -5.96. The quantitative estimate of drug-likeness (QED) is 0.100. The summed E-state index contributed by atoms with van der Waals surface area (Å²) in [6, 6.07) is 6.87. The summed E-state index contributed by atoms with van der Waals surface area (Å²) in [6.45, 7) is 5.01. The van der Waals surface area contributed by atoms with Crippen LogP contribution in [0.4, 0.5) is 36.8 Å². The number of hydrazine groups is 1. The molecular weight excluding hydrogens is 590 g/mol. The minimum absolute atomic E-state index is 0.0452. The first-order valence-corrected chi connectivity index (χ1v) is 13.5. The summed E-state index contributed by atoms with van der Waals surface area (Å²) in [5.74, 6) is 2.56. The van der Waals surface area contributed by atoms with Crippen LogP contribution < -0.4 is 16.9 Å². The van der Waals surface area contributed by atoms with Crippen LogP contribution in [0.2, 0.25) is 0 Å². The number of amidine groups is 1. The fraction of sp³-hybridized carbons (Fsp3) is 0.423. The maximum atomic E-state index is 14.1. The third kappa shape index (κ3) is 6.38. The van der Waals surface area contributed by atoms with Crippen molar-refractivity contribution in [1.29, 1.82) is 0 Å². The Morgan fingerprint density at radius 3 is 2.10 bits per heavy atom. The Morgan fingerprint density at radius 2 is 1.62 bits per heavy atom. The number of hydrazone groups is 1. The third-order valence-electron chi connectivity index (χ3n) is 6.26. The van der Waals surface area contributed by atoms with Crippen molar-refractivity contribution in [3.8, 4) is 0 Å². The van der Waals surface area contributed by atoms with Crippen LogP contribution in [0, 0.1) is 0 Å². The molecule has 5 N–H and O–H groups in total. The van der Waals surface area contributed by atoms with Gasteiger partial charge in [-0.25, -0.2) is 15.8 Å². The van der Waals surface area contributed by atoms with Crippen molar-refractivity contribution in [2.24, 2.45) is 16.7 Å². The van der Waals surface area contributed by atoms with E-state index in [0.29, 0.717) is 23.3 Å². The summed E-state index contributed by atoms with van der Waals surface area (Å²) in [6.07, 6.45) is -10.8. The second kappa shape index (κ2) is 11.6. The van der Waals surface area contributed by atoms with Crippen molar-refractivity contribution in [2.45, 2.75) is 61.6 Å². The van der Waals surface area contributed by atoms with Gasteiger partial charge in [-0.05, 0) is 68.0 Å². The Labute approximate surface area is 242 Å². The van der Waals surface area contributed by atoms with Gasteiger partial charge < -0.3 is 15.8 Å². The Balaban J connectivity index is 2.01. The standard InChI is InChI=1S/C26H30F6N6O3S/c1-23(2,3)41-22(40)38-13-14-12-17(42-5)10-11-18(14)19(38)20(39)35-16-8-6-15(7-9-16)24(25(27,28)29,26(30,31)32)21(33)36-37(4)34/h6-12,19H,13,34H2,1-5H3,(H2,33,36)(H,35,39). The van der Waals surface area contributed by atoms with Crippen LogP contribution in [0.25, 0.3) is 0 Å². The van der Waals surface area contributed by atoms with E-state index in [0.717, 1.165) is 24.1 Å². The molecule has 0 spiro atoms. The van der Waals surface area contributed by atoms with Gasteiger partial charge in [0.05, 0.1) is 6.54 Å². The first-order valence-electron chi connectivity index (χ1n) is 12.3. The monoisotopic (exact) mass is 620 g/mol. The number of carbonyl (C=O) groups is 2. The third-order valence-corrected chi connectivity index (χ3v) is 6.98. The fourth-order valence-electron chi connectivity index (χ4n) is 4.51. The molecule has 3 rings (SSSR count). The zero-order valence-electron chi connectivity index (χ0n) is 23.2. The summed E-state index contributed by atoms with van der Waals surface area (Å²) in [4.78, 5) is 28.5. The van der Waals surface area contributed by atoms with Crippen molar-refractivity contribution in [1.82, 2.24) is 10.0 Å². The Bertz CT molecular complexity index is 1340. The van der Waals surface area contributed by atoms with Crippen molar-refractivity contribution >= 4 is 35.3 Å². The number of hydrogen-bond acceptors (Lipinski definition) is 7. The lowest BCUT2D eigenvalue weighted by Crippen LogP contribution is -2.62. The normalized spacial score (nSPS) is 16.2. The Morgan fingerprint density at radius 1 is 1.05 bits per heavy atom. The topological polar surface area (TPSA) is 126 Å². The number of carbonyl (C=O) groups excluding carboxylic acids is 2. The van der Waals surface area contributed by atoms with Crippen LogP contribution in [0.1, 0.15) is 43.5 Å². The number of amides is 2. The van der Waals surface area contributed by atoms with Crippen LogP contribution in [0.3, 0.4) is 0 Å². The van der Waals surface area contributed by atoms with E-state index < -0.39 is 52.8 Å². The zero-order chi connectivity index (χ0) is 31.8. The van der Waals surface area contributed by atoms with E-state index in [9.17, 15) is 35.9 Å². The molecule has 1 aliphatic rings. The van der Waals surface area contributed by atoms with E-state index >= 15 is 0 Å². The van der Waals surface area contributed by atoms with Gasteiger partial charge in [0.1, 0.15) is 11.6 Å². The molecule has 0 aromatic heterocycles. The summed E-state index contributed by atoms with van der Waals surface area (Å²) >= 11 is 1.46. The minimum Gasteiger partial charge on any atom is -0.444 e. The van der Waals surface area contributed by atoms with Crippen LogP contribution in [0.5, 0.6) is 0 Å². The van der Waals surface area contributed by atoms with Gasteiger partial charge in [0.2, 0.25) is 5.41 Å². The average Bonchev–Trinajstić information content (AvgIpc) is 3.21. The first kappa shape index (κ1) is 32.8. The Kier molecular flexibility index (Phi) is 9.03. The fourth-order valence-corrected chi connectivity index (χ4v) is 4.98. The molecule has 16 heteroatoms. The lowest BCUT2D eigenvalue weighted by molar-refractivity contribution is -0.278. The highest BCUT2D eigenvalue weighted by Crippen LogP contribution is 2.52. The number of alkyl halides is 6. The largest absolute Gasteiger partial charge is 0.444 e. The molecule has 0 aliphatic carbocycles. The highest BCUT2D eigenvalue weighted by molar-refractivity contribution is 7.98. The molecule has 1 unspecified atom stereocenters. The summed E-state index contributed by atoms with van der Waals surface area (Å²) < 4.78 is 90.3. The molecule has 0 saturated carbocycles. The molecule has 0 bridgehead atoms. The van der Waals surface area contributed by atoms with Crippen molar-refractivity contribution in [3.05, 3.63) is 59.2 Å². The molecule has 0 fully saturated rings. The van der Waals surface area contributed by atoms with E-state index in [1.165, 1.54) is 16.7 Å². The molecule has 1 atom stereocenters. The van der Waals surface area contributed by atoms with Crippen LogP contribution in [0.15, 0.2) is 52.5 Å². The second-order valence-corrected chi connectivity index (χ2v) is 11.3. The molecule has 9 nitrogen and oxygen atoms in total. The predicted octanol–water partition coefficient (Wildman–Crippen LogP) is 5.28. The number of hydrogen-bond donors (Lipinski definition) is 3. The SMILES string of the molecule is CSc1ccc2c(c1)CN(C(=O)OC(C)(C)C)C2C(=O)Nc1ccc(C(/C(N)=N/N(C)N)(C(F)(F)F)C(F)(F)F)cc1. The number of benzene rings is 2. The van der Waals surface area contributed by atoms with Crippen LogP contribution >= 0.6 is 11.8 Å². The number of nitrogens with two attached hydrogens (primary N) is 2. The number of ether oxygens (including phenoxy) is 1. The van der Waals surface area contributed by atoms with E-state index in [-0.39, 0.29) is 17.4 Å². The van der Waals surface area contributed by atoms with Crippen LogP contribution in [-0.2, 0) is 21.5 Å². The zero-order valence-corrected chi connectivity index (χ0v) is 24.0. The van der Waals surface area contributed by atoms with Crippen molar-refractivity contribution < 1.29 is 40.7 Å². The summed E-state index contributed by atoms with van der Waals surface area (Å²) in [5.41, 5.74) is -0.535. The van der Waals surface area contributed by atoms with E-state index in [2.05, 4.69) is 10.4 Å². The van der Waals surface area contributed by atoms with E-state index in [1.54, 1.807) is 32.9 Å². The lowest BCUT2D eigenvalue weighted by atomic mass is 9.77. The molecule has 2 aromatic rings. The Hall–Kier alpha value is -3.66. The maximum absolute atomic E-state index is 14.1. The van der Waals surface area contributed by atoms with E-state index in [1.807, 2.05) is 12.3 Å². The van der Waals surface area contributed by atoms with Gasteiger partial charge >= 0.3 is 18.4 Å². The second-order valence-electron chi connectivity index (χ2n) is 10.4. The maximum Gasteiger partial charge on any atom is 0.414 e. The number of halogens is 6. The van der Waals surface area contributed by atoms with Gasteiger partial charge in [-0.1, -0.05) is 18.2 Å². The van der Waals surface area contributed by atoms with E-state index in [4.69, 9.17) is 16.3 Å². The molecule has 1 heterocycles. The molecule has 0 radical (unpaired) electrons. The highest BCUT2D eigenvalue weighted by atomic mass is 32.2. The molecule has 0 saturated heterocycles. The number of thioether (sulfide) groups is 1. The molecule has 42 heavy (non-hydrogen) atoms. The van der Waals surface area contributed by atoms with Crippen molar-refractivity contribution in [2.75, 3.05) is 18.6 Å². The van der Waals surface area contributed by atoms with Gasteiger partial charge in [0, 0.05) is 17.6 Å². The lowest BCUT2D eigenvalue weighted by Gasteiger charge is -2.37.